The van der Waals surface area contributed by atoms with E-state index in [2.05, 4.69) is 9.97 Å². The number of imidazole rings is 1. The van der Waals surface area contributed by atoms with Crippen LogP contribution in [0.25, 0.3) is 33.3 Å². The van der Waals surface area contributed by atoms with E-state index >= 15 is 0 Å². The van der Waals surface area contributed by atoms with Crippen molar-refractivity contribution in [3.8, 4) is 11.4 Å². The predicted octanol–water partition coefficient (Wildman–Crippen LogP) is 3.08. The van der Waals surface area contributed by atoms with E-state index in [1.165, 1.54) is 0 Å². The molecule has 0 amide bonds. The van der Waals surface area contributed by atoms with Crippen LogP contribution in [-0.4, -0.2) is 14.5 Å². The van der Waals surface area contributed by atoms with E-state index in [9.17, 15) is 4.79 Å². The SMILES string of the molecule is Cn1c(=O)cc(-c2nc3ccccc3[nH]2)c2ccccc21. The van der Waals surface area contributed by atoms with E-state index in [0.29, 0.717) is 0 Å². The van der Waals surface area contributed by atoms with E-state index in [1.54, 1.807) is 17.7 Å². The Kier molecular flexibility index (Phi) is 2.44. The topological polar surface area (TPSA) is 50.7 Å². The molecular formula is C17H13N3O. The van der Waals surface area contributed by atoms with Gasteiger partial charge >= 0.3 is 0 Å². The maximum absolute atomic E-state index is 12.2. The molecule has 0 spiro atoms. The quantitative estimate of drug-likeness (QED) is 0.580. The molecule has 0 aliphatic heterocycles. The highest BCUT2D eigenvalue weighted by molar-refractivity contribution is 5.94. The van der Waals surface area contributed by atoms with Crippen LogP contribution in [0, 0.1) is 0 Å². The molecule has 0 unspecified atom stereocenters. The molecule has 102 valence electrons. The molecule has 2 aromatic heterocycles. The number of para-hydroxylation sites is 3. The van der Waals surface area contributed by atoms with Gasteiger partial charge in [0, 0.05) is 24.1 Å². The summed E-state index contributed by atoms with van der Waals surface area (Å²) in [5.41, 5.74) is 3.57. The number of hydrogen-bond acceptors (Lipinski definition) is 2. The number of rotatable bonds is 1. The van der Waals surface area contributed by atoms with Gasteiger partial charge in [0.05, 0.1) is 16.6 Å². The third-order valence-corrected chi connectivity index (χ3v) is 3.80. The van der Waals surface area contributed by atoms with Gasteiger partial charge in [-0.2, -0.15) is 0 Å². The first-order chi connectivity index (χ1) is 10.2. The number of hydrogen-bond donors (Lipinski definition) is 1. The molecule has 0 atom stereocenters. The summed E-state index contributed by atoms with van der Waals surface area (Å²) in [5, 5.41) is 1.01. The lowest BCUT2D eigenvalue weighted by Crippen LogP contribution is -2.16. The monoisotopic (exact) mass is 275 g/mol. The fourth-order valence-corrected chi connectivity index (χ4v) is 2.69. The van der Waals surface area contributed by atoms with Crippen LogP contribution < -0.4 is 5.56 Å². The first-order valence-electron chi connectivity index (χ1n) is 6.78. The summed E-state index contributed by atoms with van der Waals surface area (Å²) in [4.78, 5) is 20.1. The van der Waals surface area contributed by atoms with Crippen LogP contribution in [0.5, 0.6) is 0 Å². The van der Waals surface area contributed by atoms with Gasteiger partial charge in [-0.3, -0.25) is 4.79 Å². The van der Waals surface area contributed by atoms with Gasteiger partial charge in [0.25, 0.3) is 5.56 Å². The van der Waals surface area contributed by atoms with Gasteiger partial charge < -0.3 is 9.55 Å². The molecule has 0 saturated carbocycles. The summed E-state index contributed by atoms with van der Waals surface area (Å²) >= 11 is 0. The number of pyridine rings is 1. The van der Waals surface area contributed by atoms with Gasteiger partial charge in [0.2, 0.25) is 0 Å². The average Bonchev–Trinajstić information content (AvgIpc) is 2.94. The maximum atomic E-state index is 12.2. The zero-order chi connectivity index (χ0) is 14.4. The summed E-state index contributed by atoms with van der Waals surface area (Å²) in [6.07, 6.45) is 0. The van der Waals surface area contributed by atoms with Crippen LogP contribution in [0.1, 0.15) is 0 Å². The van der Waals surface area contributed by atoms with Gasteiger partial charge in [-0.15, -0.1) is 0 Å². The molecule has 0 radical (unpaired) electrons. The minimum atomic E-state index is -0.0378. The Labute approximate surface area is 120 Å². The zero-order valence-corrected chi connectivity index (χ0v) is 11.5. The molecule has 0 fully saturated rings. The molecule has 0 aliphatic rings. The maximum Gasteiger partial charge on any atom is 0.251 e. The van der Waals surface area contributed by atoms with Crippen molar-refractivity contribution in [3.05, 3.63) is 65.0 Å². The van der Waals surface area contributed by atoms with E-state index < -0.39 is 0 Å². The molecular weight excluding hydrogens is 262 g/mol. The van der Waals surface area contributed by atoms with Crippen LogP contribution in [0.15, 0.2) is 59.4 Å². The summed E-state index contributed by atoms with van der Waals surface area (Å²) in [6.45, 7) is 0. The highest BCUT2D eigenvalue weighted by Crippen LogP contribution is 2.26. The highest BCUT2D eigenvalue weighted by atomic mass is 16.1. The second-order valence-electron chi connectivity index (χ2n) is 5.07. The van der Waals surface area contributed by atoms with Gasteiger partial charge in [-0.1, -0.05) is 30.3 Å². The summed E-state index contributed by atoms with van der Waals surface area (Å²) < 4.78 is 1.65. The molecule has 2 aromatic carbocycles. The molecule has 1 N–H and O–H groups in total. The molecule has 4 rings (SSSR count). The molecule has 4 aromatic rings. The zero-order valence-electron chi connectivity index (χ0n) is 11.5. The number of nitrogens with one attached hydrogen (secondary N) is 1. The number of aryl methyl sites for hydroxylation is 1. The smallest absolute Gasteiger partial charge is 0.251 e. The van der Waals surface area contributed by atoms with Crippen LogP contribution >= 0.6 is 0 Å². The Hall–Kier alpha value is -2.88. The number of benzene rings is 2. The van der Waals surface area contributed by atoms with Crippen molar-refractivity contribution in [2.45, 2.75) is 0 Å². The van der Waals surface area contributed by atoms with E-state index in [0.717, 1.165) is 33.3 Å². The van der Waals surface area contributed by atoms with Crippen molar-refractivity contribution >= 4 is 21.9 Å². The lowest BCUT2D eigenvalue weighted by atomic mass is 10.1. The molecule has 4 heteroatoms. The van der Waals surface area contributed by atoms with Gasteiger partial charge in [-0.05, 0) is 18.2 Å². The summed E-state index contributed by atoms with van der Waals surface area (Å²) in [7, 11) is 1.78. The summed E-state index contributed by atoms with van der Waals surface area (Å²) in [5.74, 6) is 0.727. The fraction of sp³-hybridized carbons (Fsp3) is 0.0588. The van der Waals surface area contributed by atoms with Crippen molar-refractivity contribution < 1.29 is 0 Å². The normalized spacial score (nSPS) is 11.3. The molecule has 0 aliphatic carbocycles. The van der Waals surface area contributed by atoms with Gasteiger partial charge in [0.1, 0.15) is 5.82 Å². The third-order valence-electron chi connectivity index (χ3n) is 3.80. The van der Waals surface area contributed by atoms with Crippen molar-refractivity contribution in [2.24, 2.45) is 7.05 Å². The molecule has 0 bridgehead atoms. The van der Waals surface area contributed by atoms with Crippen molar-refractivity contribution in [3.63, 3.8) is 0 Å². The fourth-order valence-electron chi connectivity index (χ4n) is 2.69. The average molecular weight is 275 g/mol. The van der Waals surface area contributed by atoms with Crippen molar-refractivity contribution in [1.82, 2.24) is 14.5 Å². The van der Waals surface area contributed by atoms with Crippen molar-refractivity contribution in [1.29, 1.82) is 0 Å². The van der Waals surface area contributed by atoms with Crippen LogP contribution in [0.2, 0.25) is 0 Å². The number of nitrogens with zero attached hydrogens (tertiary/aromatic N) is 2. The number of aromatic nitrogens is 3. The van der Waals surface area contributed by atoms with Crippen LogP contribution in [0.3, 0.4) is 0 Å². The first-order valence-corrected chi connectivity index (χ1v) is 6.78. The number of fused-ring (bicyclic) bond motifs is 2. The standard InChI is InChI=1S/C17H13N3O/c1-20-15-9-5-2-6-11(15)12(10-16(20)21)17-18-13-7-3-4-8-14(13)19-17/h2-10H,1H3,(H,18,19). The largest absolute Gasteiger partial charge is 0.338 e. The second-order valence-corrected chi connectivity index (χ2v) is 5.07. The minimum absolute atomic E-state index is 0.0378. The Bertz CT molecular complexity index is 994. The third kappa shape index (κ3) is 1.76. The minimum Gasteiger partial charge on any atom is -0.338 e. The second kappa shape index (κ2) is 4.31. The van der Waals surface area contributed by atoms with Crippen LogP contribution in [0.4, 0.5) is 0 Å². The summed E-state index contributed by atoms with van der Waals surface area (Å²) in [6, 6.07) is 17.4. The van der Waals surface area contributed by atoms with E-state index in [4.69, 9.17) is 0 Å². The molecule has 0 saturated heterocycles. The Morgan fingerprint density at radius 3 is 2.67 bits per heavy atom. The van der Waals surface area contributed by atoms with Gasteiger partial charge in [0.15, 0.2) is 0 Å². The highest BCUT2D eigenvalue weighted by Gasteiger charge is 2.11. The first kappa shape index (κ1) is 11.9. The number of aromatic amines is 1. The Morgan fingerprint density at radius 2 is 1.81 bits per heavy atom. The molecule has 21 heavy (non-hydrogen) atoms. The Balaban J connectivity index is 2.10. The molecule has 2 heterocycles. The lowest BCUT2D eigenvalue weighted by Gasteiger charge is -2.08. The van der Waals surface area contributed by atoms with E-state index in [1.807, 2.05) is 48.5 Å². The Morgan fingerprint density at radius 1 is 1.05 bits per heavy atom. The number of H-pyrrole nitrogens is 1. The van der Waals surface area contributed by atoms with Crippen molar-refractivity contribution in [2.75, 3.05) is 0 Å². The van der Waals surface area contributed by atoms with Gasteiger partial charge in [-0.25, -0.2) is 4.98 Å². The van der Waals surface area contributed by atoms with Crippen LogP contribution in [-0.2, 0) is 7.05 Å². The van der Waals surface area contributed by atoms with E-state index in [-0.39, 0.29) is 5.56 Å². The predicted molar refractivity (Wildman–Crippen MR) is 84.3 cm³/mol. The lowest BCUT2D eigenvalue weighted by molar-refractivity contribution is 0.906. The molecule has 4 nitrogen and oxygen atoms in total.